The Kier molecular flexibility index (Phi) is 10.9. The third-order valence-electron chi connectivity index (χ3n) is 5.19. The number of hydrogen-bond donors (Lipinski definition) is 1. The Labute approximate surface area is 160 Å². The fraction of sp³-hybridized carbons (Fsp3) is 0.696. The molecule has 1 heterocycles. The van der Waals surface area contributed by atoms with Crippen LogP contribution in [0.1, 0.15) is 95.6 Å². The normalized spacial score (nSPS) is 16.0. The quantitative estimate of drug-likeness (QED) is 0.366. The number of nitrogens with zero attached hydrogens (tertiary/aromatic N) is 1. The van der Waals surface area contributed by atoms with E-state index in [2.05, 4.69) is 41.5 Å². The van der Waals surface area contributed by atoms with Crippen molar-refractivity contribution in [1.82, 2.24) is 5.32 Å². The van der Waals surface area contributed by atoms with Crippen molar-refractivity contribution in [1.29, 1.82) is 0 Å². The van der Waals surface area contributed by atoms with Gasteiger partial charge in [-0.15, -0.1) is 0 Å². The van der Waals surface area contributed by atoms with Gasteiger partial charge in [0, 0.05) is 6.54 Å². The minimum atomic E-state index is 0.264. The molecule has 3 nitrogen and oxygen atoms in total. The topological polar surface area (TPSA) is 33.6 Å². The van der Waals surface area contributed by atoms with Crippen molar-refractivity contribution in [2.24, 2.45) is 4.99 Å². The Morgan fingerprint density at radius 3 is 1.96 bits per heavy atom. The third kappa shape index (κ3) is 8.73. The summed E-state index contributed by atoms with van der Waals surface area (Å²) in [7, 11) is 0. The zero-order chi connectivity index (χ0) is 18.3. The Hall–Kier alpha value is -1.51. The highest BCUT2D eigenvalue weighted by Crippen LogP contribution is 2.21. The van der Waals surface area contributed by atoms with Crippen LogP contribution in [-0.4, -0.2) is 19.5 Å². The lowest BCUT2D eigenvalue weighted by Crippen LogP contribution is -2.09. The van der Waals surface area contributed by atoms with Crippen molar-refractivity contribution in [3.63, 3.8) is 0 Å². The molecule has 1 atom stereocenters. The highest BCUT2D eigenvalue weighted by atomic mass is 16.5. The molecule has 146 valence electrons. The van der Waals surface area contributed by atoms with Crippen LogP contribution < -0.4 is 10.1 Å². The van der Waals surface area contributed by atoms with Crippen LogP contribution in [0.4, 0.5) is 0 Å². The lowest BCUT2D eigenvalue weighted by atomic mass is 10.1. The second kappa shape index (κ2) is 13.7. The van der Waals surface area contributed by atoms with Gasteiger partial charge in [0.1, 0.15) is 5.75 Å². The smallest absolute Gasteiger partial charge is 0.119 e. The van der Waals surface area contributed by atoms with Gasteiger partial charge in [-0.05, 0) is 24.1 Å². The summed E-state index contributed by atoms with van der Waals surface area (Å²) in [4.78, 5) is 4.40. The Bertz CT molecular complexity index is 483. The molecule has 1 N–H and O–H groups in total. The molecule has 1 aromatic carbocycles. The highest BCUT2D eigenvalue weighted by Gasteiger charge is 2.12. The van der Waals surface area contributed by atoms with Crippen molar-refractivity contribution in [3.05, 3.63) is 29.8 Å². The molecule has 0 fully saturated rings. The maximum atomic E-state index is 5.86. The Morgan fingerprint density at radius 2 is 1.42 bits per heavy atom. The van der Waals surface area contributed by atoms with Gasteiger partial charge in [0.05, 0.1) is 19.0 Å². The van der Waals surface area contributed by atoms with Crippen molar-refractivity contribution in [2.75, 3.05) is 13.2 Å². The summed E-state index contributed by atoms with van der Waals surface area (Å²) in [6.45, 7) is 4.02. The fourth-order valence-corrected chi connectivity index (χ4v) is 3.48. The maximum absolute atomic E-state index is 5.86. The van der Waals surface area contributed by atoms with E-state index < -0.39 is 0 Å². The number of aliphatic imine (C=N–C) groups is 1. The molecule has 0 saturated carbocycles. The van der Waals surface area contributed by atoms with Crippen LogP contribution in [0, 0.1) is 0 Å². The third-order valence-corrected chi connectivity index (χ3v) is 5.19. The van der Waals surface area contributed by atoms with Crippen LogP contribution in [0.2, 0.25) is 0 Å². The van der Waals surface area contributed by atoms with Gasteiger partial charge in [0.25, 0.3) is 0 Å². The zero-order valence-electron chi connectivity index (χ0n) is 16.7. The van der Waals surface area contributed by atoms with Gasteiger partial charge in [-0.25, -0.2) is 0 Å². The van der Waals surface area contributed by atoms with E-state index in [0.717, 1.165) is 25.3 Å². The molecule has 0 saturated heterocycles. The van der Waals surface area contributed by atoms with E-state index in [0.29, 0.717) is 0 Å². The molecule has 26 heavy (non-hydrogen) atoms. The van der Waals surface area contributed by atoms with Crippen LogP contribution >= 0.6 is 0 Å². The Balaban J connectivity index is 1.39. The molecule has 2 rings (SSSR count). The lowest BCUT2D eigenvalue weighted by Gasteiger charge is -2.09. The molecule has 1 aromatic rings. The molecule has 0 aromatic heterocycles. The van der Waals surface area contributed by atoms with Gasteiger partial charge in [0.15, 0.2) is 0 Å². The van der Waals surface area contributed by atoms with Crippen LogP contribution in [0.5, 0.6) is 5.75 Å². The molecule has 1 unspecified atom stereocenters. The molecular weight excluding hydrogens is 320 g/mol. The van der Waals surface area contributed by atoms with Gasteiger partial charge in [-0.3, -0.25) is 4.99 Å². The lowest BCUT2D eigenvalue weighted by molar-refractivity contribution is 0.304. The average molecular weight is 359 g/mol. The standard InChI is InChI=1S/C23H38N2O/c1-2-3-4-5-6-7-8-9-10-11-12-13-18-26-22-16-14-21(15-17-22)23-19-24-20-25-23/h14-17,20,23H,2-13,18-19H2,1H3,(H,24,25). The second-order valence-corrected chi connectivity index (χ2v) is 7.51. The summed E-state index contributed by atoms with van der Waals surface area (Å²) in [6.07, 6.45) is 18.3. The second-order valence-electron chi connectivity index (χ2n) is 7.51. The molecule has 0 amide bonds. The average Bonchev–Trinajstić information content (AvgIpc) is 3.21. The highest BCUT2D eigenvalue weighted by molar-refractivity contribution is 5.58. The summed E-state index contributed by atoms with van der Waals surface area (Å²) < 4.78 is 5.86. The number of unbranched alkanes of at least 4 members (excludes halogenated alkanes) is 11. The van der Waals surface area contributed by atoms with E-state index in [9.17, 15) is 0 Å². The predicted octanol–water partition coefficient (Wildman–Crippen LogP) is 6.44. The van der Waals surface area contributed by atoms with Crippen molar-refractivity contribution in [3.8, 4) is 5.75 Å². The van der Waals surface area contributed by atoms with Gasteiger partial charge in [0.2, 0.25) is 0 Å². The Morgan fingerprint density at radius 1 is 0.846 bits per heavy atom. The van der Waals surface area contributed by atoms with E-state index in [1.54, 1.807) is 6.34 Å². The maximum Gasteiger partial charge on any atom is 0.119 e. The van der Waals surface area contributed by atoms with Crippen LogP contribution in [0.3, 0.4) is 0 Å². The van der Waals surface area contributed by atoms with Gasteiger partial charge < -0.3 is 10.1 Å². The number of hydrogen-bond acceptors (Lipinski definition) is 3. The summed E-state index contributed by atoms with van der Waals surface area (Å²) in [5, 5.41) is 3.14. The van der Waals surface area contributed by atoms with Crippen LogP contribution in [-0.2, 0) is 0 Å². The monoisotopic (exact) mass is 358 g/mol. The SMILES string of the molecule is CCCCCCCCCCCCCCOc1ccc(C2CNC=N2)cc1. The van der Waals surface area contributed by atoms with Crippen molar-refractivity contribution >= 4 is 6.34 Å². The molecule has 3 heteroatoms. The molecule has 0 spiro atoms. The van der Waals surface area contributed by atoms with Gasteiger partial charge in [-0.1, -0.05) is 89.7 Å². The van der Waals surface area contributed by atoms with E-state index >= 15 is 0 Å². The van der Waals surface area contributed by atoms with Gasteiger partial charge >= 0.3 is 0 Å². The minimum Gasteiger partial charge on any atom is -0.494 e. The molecular formula is C23H38N2O. The first-order valence-electron chi connectivity index (χ1n) is 10.9. The summed E-state index contributed by atoms with van der Waals surface area (Å²) in [5.74, 6) is 0.978. The first-order valence-corrected chi connectivity index (χ1v) is 10.9. The van der Waals surface area contributed by atoms with Gasteiger partial charge in [-0.2, -0.15) is 0 Å². The van der Waals surface area contributed by atoms with Crippen LogP contribution in [0.15, 0.2) is 29.3 Å². The number of benzene rings is 1. The van der Waals surface area contributed by atoms with Crippen molar-refractivity contribution in [2.45, 2.75) is 90.0 Å². The largest absolute Gasteiger partial charge is 0.494 e. The molecule has 1 aliphatic heterocycles. The predicted molar refractivity (Wildman–Crippen MR) is 112 cm³/mol. The molecule has 1 aliphatic rings. The van der Waals surface area contributed by atoms with Crippen molar-refractivity contribution < 1.29 is 4.74 Å². The zero-order valence-corrected chi connectivity index (χ0v) is 16.7. The summed E-state index contributed by atoms with van der Waals surface area (Å²) >= 11 is 0. The number of nitrogens with one attached hydrogen (secondary N) is 1. The molecule has 0 aliphatic carbocycles. The first-order chi connectivity index (χ1) is 12.9. The van der Waals surface area contributed by atoms with E-state index in [1.165, 1.54) is 76.2 Å². The summed E-state index contributed by atoms with van der Waals surface area (Å²) in [6, 6.07) is 8.67. The van der Waals surface area contributed by atoms with Crippen LogP contribution in [0.25, 0.3) is 0 Å². The minimum absolute atomic E-state index is 0.264. The number of ether oxygens (including phenoxy) is 1. The first kappa shape index (κ1) is 20.8. The van der Waals surface area contributed by atoms with E-state index in [1.807, 2.05) is 0 Å². The van der Waals surface area contributed by atoms with E-state index in [4.69, 9.17) is 4.74 Å². The van der Waals surface area contributed by atoms with E-state index in [-0.39, 0.29) is 6.04 Å². The summed E-state index contributed by atoms with van der Waals surface area (Å²) in [5.41, 5.74) is 1.25. The molecule has 0 bridgehead atoms. The number of rotatable bonds is 15. The fourth-order valence-electron chi connectivity index (χ4n) is 3.48. The molecule has 0 radical (unpaired) electrons.